The van der Waals surface area contributed by atoms with Crippen LogP contribution in [0.4, 0.5) is 13.2 Å². The highest BCUT2D eigenvalue weighted by molar-refractivity contribution is 9.10. The van der Waals surface area contributed by atoms with Crippen LogP contribution in [-0.2, 0) is 6.18 Å². The van der Waals surface area contributed by atoms with E-state index < -0.39 is 11.9 Å². The largest absolute Gasteiger partial charge is 0.433 e. The third kappa shape index (κ3) is 2.31. The Morgan fingerprint density at radius 2 is 2.00 bits per heavy atom. The molecule has 0 amide bonds. The Labute approximate surface area is 86.3 Å². The summed E-state index contributed by atoms with van der Waals surface area (Å²) in [6.45, 7) is 1.26. The number of aromatic nitrogens is 1. The molecule has 2 nitrogen and oxygen atoms in total. The van der Waals surface area contributed by atoms with Crippen LogP contribution in [0, 0.1) is 0 Å². The van der Waals surface area contributed by atoms with Crippen molar-refractivity contribution >= 4 is 21.7 Å². The lowest BCUT2D eigenvalue weighted by molar-refractivity contribution is -0.141. The molecule has 0 aliphatic carbocycles. The minimum Gasteiger partial charge on any atom is -0.294 e. The number of halogens is 4. The van der Waals surface area contributed by atoms with Crippen molar-refractivity contribution in [2.24, 2.45) is 0 Å². The van der Waals surface area contributed by atoms with Crippen molar-refractivity contribution in [2.75, 3.05) is 0 Å². The van der Waals surface area contributed by atoms with Crippen molar-refractivity contribution in [3.05, 3.63) is 28.0 Å². The molecule has 1 rings (SSSR count). The standard InChI is InChI=1S/C8H5BrF3NO/c1-4(14)5-2-3-6(8(10,11)12)13-7(5)9/h2-3H,1H3. The molecule has 1 aromatic rings. The molecule has 0 aliphatic rings. The summed E-state index contributed by atoms with van der Waals surface area (Å²) < 4.78 is 36.3. The van der Waals surface area contributed by atoms with Crippen molar-refractivity contribution in [2.45, 2.75) is 13.1 Å². The predicted octanol–water partition coefficient (Wildman–Crippen LogP) is 3.07. The van der Waals surface area contributed by atoms with Crippen molar-refractivity contribution in [1.29, 1.82) is 0 Å². The minimum absolute atomic E-state index is 0.0835. The number of rotatable bonds is 1. The van der Waals surface area contributed by atoms with Crippen LogP contribution < -0.4 is 0 Å². The molecule has 0 bridgehead atoms. The van der Waals surface area contributed by atoms with Crippen LogP contribution in [-0.4, -0.2) is 10.8 Å². The first-order chi connectivity index (χ1) is 6.32. The van der Waals surface area contributed by atoms with Crippen molar-refractivity contribution in [1.82, 2.24) is 4.98 Å². The number of ketones is 1. The van der Waals surface area contributed by atoms with E-state index in [0.717, 1.165) is 12.1 Å². The zero-order valence-corrected chi connectivity index (χ0v) is 8.61. The van der Waals surface area contributed by atoms with Gasteiger partial charge in [-0.15, -0.1) is 0 Å². The highest BCUT2D eigenvalue weighted by Gasteiger charge is 2.32. The molecule has 0 aliphatic heterocycles. The number of hydrogen-bond acceptors (Lipinski definition) is 2. The van der Waals surface area contributed by atoms with Crippen LogP contribution >= 0.6 is 15.9 Å². The summed E-state index contributed by atoms with van der Waals surface area (Å²) in [5, 5.41) is 0. The second-order valence-corrected chi connectivity index (χ2v) is 3.34. The molecule has 0 spiro atoms. The number of alkyl halides is 3. The molecular weight excluding hydrogens is 263 g/mol. The van der Waals surface area contributed by atoms with E-state index in [2.05, 4.69) is 20.9 Å². The molecule has 0 saturated heterocycles. The maximum atomic E-state index is 12.1. The molecule has 0 saturated carbocycles. The minimum atomic E-state index is -4.49. The van der Waals surface area contributed by atoms with Gasteiger partial charge in [0, 0.05) is 0 Å². The monoisotopic (exact) mass is 267 g/mol. The fourth-order valence-corrected chi connectivity index (χ4v) is 1.46. The van der Waals surface area contributed by atoms with Crippen LogP contribution in [0.25, 0.3) is 0 Å². The van der Waals surface area contributed by atoms with Crippen molar-refractivity contribution in [3.63, 3.8) is 0 Å². The summed E-state index contributed by atoms with van der Waals surface area (Å²) in [6, 6.07) is 1.88. The predicted molar refractivity (Wildman–Crippen MR) is 46.9 cm³/mol. The molecule has 14 heavy (non-hydrogen) atoms. The maximum Gasteiger partial charge on any atom is 0.433 e. The molecule has 76 valence electrons. The van der Waals surface area contributed by atoms with Gasteiger partial charge in [0.05, 0.1) is 5.56 Å². The van der Waals surface area contributed by atoms with Gasteiger partial charge in [-0.3, -0.25) is 4.79 Å². The summed E-state index contributed by atoms with van der Waals surface area (Å²) in [6.07, 6.45) is -4.49. The summed E-state index contributed by atoms with van der Waals surface area (Å²) >= 11 is 2.81. The molecule has 0 radical (unpaired) electrons. The van der Waals surface area contributed by atoms with Gasteiger partial charge in [-0.25, -0.2) is 4.98 Å². The fraction of sp³-hybridized carbons (Fsp3) is 0.250. The fourth-order valence-electron chi connectivity index (χ4n) is 0.855. The first-order valence-corrected chi connectivity index (χ1v) is 4.36. The third-order valence-electron chi connectivity index (χ3n) is 1.52. The lowest BCUT2D eigenvalue weighted by Gasteiger charge is -2.06. The molecule has 6 heteroatoms. The topological polar surface area (TPSA) is 30.0 Å². The van der Waals surface area contributed by atoms with E-state index in [-0.39, 0.29) is 15.9 Å². The average Bonchev–Trinajstić information content (AvgIpc) is 2.01. The van der Waals surface area contributed by atoms with Gasteiger partial charge in [-0.2, -0.15) is 13.2 Å². The van der Waals surface area contributed by atoms with Gasteiger partial charge in [-0.05, 0) is 35.0 Å². The molecule has 1 aromatic heterocycles. The third-order valence-corrected chi connectivity index (χ3v) is 2.12. The number of hydrogen-bond donors (Lipinski definition) is 0. The summed E-state index contributed by atoms with van der Waals surface area (Å²) in [7, 11) is 0. The number of pyridine rings is 1. The van der Waals surface area contributed by atoms with E-state index in [0.29, 0.717) is 0 Å². The van der Waals surface area contributed by atoms with E-state index in [9.17, 15) is 18.0 Å². The molecular formula is C8H5BrF3NO. The zero-order valence-electron chi connectivity index (χ0n) is 7.02. The molecule has 0 atom stereocenters. The Balaban J connectivity index is 3.20. The molecule has 0 fully saturated rings. The quantitative estimate of drug-likeness (QED) is 0.578. The second-order valence-electron chi connectivity index (χ2n) is 2.59. The zero-order chi connectivity index (χ0) is 10.9. The lowest BCUT2D eigenvalue weighted by atomic mass is 10.2. The van der Waals surface area contributed by atoms with Crippen LogP contribution in [0.1, 0.15) is 23.0 Å². The molecule has 0 aromatic carbocycles. The van der Waals surface area contributed by atoms with E-state index in [1.54, 1.807) is 0 Å². The maximum absolute atomic E-state index is 12.1. The van der Waals surface area contributed by atoms with Gasteiger partial charge in [-0.1, -0.05) is 0 Å². The van der Waals surface area contributed by atoms with E-state index >= 15 is 0 Å². The summed E-state index contributed by atoms with van der Waals surface area (Å²) in [5.74, 6) is -0.335. The highest BCUT2D eigenvalue weighted by atomic mass is 79.9. The second kappa shape index (κ2) is 3.68. The van der Waals surface area contributed by atoms with E-state index in [4.69, 9.17) is 0 Å². The SMILES string of the molecule is CC(=O)c1ccc(C(F)(F)F)nc1Br. The number of nitrogens with zero attached hydrogens (tertiary/aromatic N) is 1. The van der Waals surface area contributed by atoms with Crippen LogP contribution in [0.3, 0.4) is 0 Å². The van der Waals surface area contributed by atoms with Gasteiger partial charge in [0.15, 0.2) is 5.78 Å². The van der Waals surface area contributed by atoms with Gasteiger partial charge in [0.25, 0.3) is 0 Å². The first-order valence-electron chi connectivity index (χ1n) is 3.57. The first kappa shape index (κ1) is 11.2. The molecule has 0 unspecified atom stereocenters. The summed E-state index contributed by atoms with van der Waals surface area (Å²) in [5.41, 5.74) is -0.882. The smallest absolute Gasteiger partial charge is 0.294 e. The normalized spacial score (nSPS) is 11.5. The van der Waals surface area contributed by atoms with Crippen molar-refractivity contribution in [3.8, 4) is 0 Å². The Morgan fingerprint density at radius 1 is 1.43 bits per heavy atom. The molecule has 1 heterocycles. The summed E-state index contributed by atoms with van der Waals surface area (Å²) in [4.78, 5) is 14.1. The van der Waals surface area contributed by atoms with Gasteiger partial charge in [0.1, 0.15) is 10.3 Å². The van der Waals surface area contributed by atoms with Gasteiger partial charge in [0.2, 0.25) is 0 Å². The van der Waals surface area contributed by atoms with Gasteiger partial charge < -0.3 is 0 Å². The lowest BCUT2D eigenvalue weighted by Crippen LogP contribution is -2.09. The number of carbonyl (C=O) groups excluding carboxylic acids is 1. The van der Waals surface area contributed by atoms with Crippen LogP contribution in [0.2, 0.25) is 0 Å². The highest BCUT2D eigenvalue weighted by Crippen LogP contribution is 2.29. The average molecular weight is 268 g/mol. The Hall–Kier alpha value is -0.910. The van der Waals surface area contributed by atoms with Crippen LogP contribution in [0.15, 0.2) is 16.7 Å². The van der Waals surface area contributed by atoms with Crippen LogP contribution in [0.5, 0.6) is 0 Å². The molecule has 0 N–H and O–H groups in total. The van der Waals surface area contributed by atoms with Crippen molar-refractivity contribution < 1.29 is 18.0 Å². The Kier molecular flexibility index (Phi) is 2.94. The van der Waals surface area contributed by atoms with Gasteiger partial charge >= 0.3 is 6.18 Å². The Bertz CT molecular complexity index is 375. The van der Waals surface area contributed by atoms with E-state index in [1.807, 2.05) is 0 Å². The number of Topliss-reactive ketones (excluding diaryl/α,β-unsaturated/α-hetero) is 1. The van der Waals surface area contributed by atoms with E-state index in [1.165, 1.54) is 6.92 Å². The number of carbonyl (C=O) groups is 1. The Morgan fingerprint density at radius 3 is 2.36 bits per heavy atom.